The van der Waals surface area contributed by atoms with Crippen molar-refractivity contribution >= 4 is 23.1 Å². The molecule has 7 nitrogen and oxygen atoms in total. The number of pyridine rings is 1. The van der Waals surface area contributed by atoms with Crippen molar-refractivity contribution in [3.63, 3.8) is 0 Å². The maximum Gasteiger partial charge on any atom is 0.328 e. The Bertz CT molecular complexity index is 917. The van der Waals surface area contributed by atoms with Crippen LogP contribution in [0.5, 0.6) is 0 Å². The van der Waals surface area contributed by atoms with Crippen molar-refractivity contribution in [3.05, 3.63) is 30.1 Å². The number of hydrogen-bond acceptors (Lipinski definition) is 4. The van der Waals surface area contributed by atoms with Crippen LogP contribution in [0.1, 0.15) is 38.7 Å². The molecule has 8 heteroatoms. The summed E-state index contributed by atoms with van der Waals surface area (Å²) >= 11 is 0. The summed E-state index contributed by atoms with van der Waals surface area (Å²) in [6.45, 7) is 7.28. The van der Waals surface area contributed by atoms with E-state index in [2.05, 4.69) is 29.2 Å². The monoisotopic (exact) mass is 401 g/mol. The molecule has 2 fully saturated rings. The van der Waals surface area contributed by atoms with Crippen molar-refractivity contribution in [1.82, 2.24) is 19.8 Å². The highest BCUT2D eigenvalue weighted by atomic mass is 19.1. The fraction of sp³-hybridized carbons (Fsp3) is 0.571. The zero-order valence-corrected chi connectivity index (χ0v) is 17.0. The Kier molecular flexibility index (Phi) is 5.29. The van der Waals surface area contributed by atoms with Crippen LogP contribution in [-0.2, 0) is 11.2 Å². The quantitative estimate of drug-likeness (QED) is 0.837. The molecule has 2 aliphatic heterocycles. The fourth-order valence-electron chi connectivity index (χ4n) is 4.32. The molecule has 0 aliphatic carbocycles. The third-order valence-corrected chi connectivity index (χ3v) is 5.81. The second-order valence-corrected chi connectivity index (χ2v) is 8.67. The van der Waals surface area contributed by atoms with Crippen LogP contribution in [-0.4, -0.2) is 58.3 Å². The molecular weight excluding hydrogens is 373 g/mol. The number of halogens is 1. The number of nitrogens with one attached hydrogen (secondary N) is 1. The average molecular weight is 401 g/mol. The second-order valence-electron chi connectivity index (χ2n) is 8.67. The molecule has 3 amide bonds. The molecule has 0 saturated carbocycles. The third-order valence-electron chi connectivity index (χ3n) is 5.81. The first kappa shape index (κ1) is 19.8. The van der Waals surface area contributed by atoms with E-state index in [1.165, 1.54) is 4.90 Å². The van der Waals surface area contributed by atoms with Crippen LogP contribution in [0.4, 0.5) is 14.9 Å². The van der Waals surface area contributed by atoms with E-state index < -0.39 is 11.7 Å². The summed E-state index contributed by atoms with van der Waals surface area (Å²) in [6.07, 6.45) is 5.10. The van der Waals surface area contributed by atoms with E-state index in [1.54, 1.807) is 16.9 Å². The van der Waals surface area contributed by atoms with E-state index in [0.29, 0.717) is 37.4 Å². The molecule has 2 saturated heterocycles. The standard InChI is InChI=1S/C21H28FN5O2/c1-15(2)14-25-9-5-21(22,6-10-25)12-16-3-8-27-17(11-16)18(13-23-27)26-7-4-19(28)24-20(26)29/h3,8,11,13,15H,4-7,9-10,12,14H2,1-2H3,(H,24,28,29). The van der Waals surface area contributed by atoms with Gasteiger partial charge in [-0.15, -0.1) is 0 Å². The molecule has 0 radical (unpaired) electrons. The SMILES string of the molecule is CC(C)CN1CCC(F)(Cc2ccn3ncc(N4CCC(=O)NC4=O)c3c2)CC1. The van der Waals surface area contributed by atoms with E-state index in [-0.39, 0.29) is 12.3 Å². The number of carbonyl (C=O) groups excluding carboxylic acids is 2. The summed E-state index contributed by atoms with van der Waals surface area (Å²) in [7, 11) is 0. The predicted molar refractivity (Wildman–Crippen MR) is 109 cm³/mol. The molecule has 0 atom stereocenters. The number of hydrogen-bond donors (Lipinski definition) is 1. The minimum absolute atomic E-state index is 0.253. The molecule has 156 valence electrons. The molecule has 0 aromatic carbocycles. The van der Waals surface area contributed by atoms with Gasteiger partial charge in [-0.25, -0.2) is 13.7 Å². The maximum atomic E-state index is 15.5. The molecule has 2 aromatic rings. The zero-order chi connectivity index (χ0) is 20.6. The molecule has 2 aromatic heterocycles. The molecule has 0 bridgehead atoms. The highest BCUT2D eigenvalue weighted by Gasteiger charge is 2.35. The lowest BCUT2D eigenvalue weighted by atomic mass is 9.87. The highest BCUT2D eigenvalue weighted by Crippen LogP contribution is 2.32. The lowest BCUT2D eigenvalue weighted by molar-refractivity contribution is -0.120. The van der Waals surface area contributed by atoms with Crippen LogP contribution in [0, 0.1) is 5.92 Å². The number of rotatable bonds is 5. The van der Waals surface area contributed by atoms with Gasteiger partial charge in [-0.2, -0.15) is 5.10 Å². The van der Waals surface area contributed by atoms with Gasteiger partial charge in [0.1, 0.15) is 5.67 Å². The average Bonchev–Trinajstić information content (AvgIpc) is 3.06. The Morgan fingerprint density at radius 3 is 2.69 bits per heavy atom. The van der Waals surface area contributed by atoms with Gasteiger partial charge in [-0.3, -0.25) is 15.0 Å². The molecule has 2 aliphatic rings. The minimum Gasteiger partial charge on any atom is -0.303 e. The number of carbonyl (C=O) groups is 2. The number of urea groups is 1. The Morgan fingerprint density at radius 1 is 1.24 bits per heavy atom. The Morgan fingerprint density at radius 2 is 2.00 bits per heavy atom. The van der Waals surface area contributed by atoms with Crippen LogP contribution in [0.2, 0.25) is 0 Å². The number of likely N-dealkylation sites (tertiary alicyclic amines) is 1. The topological polar surface area (TPSA) is 70.0 Å². The fourth-order valence-corrected chi connectivity index (χ4v) is 4.32. The van der Waals surface area contributed by atoms with Gasteiger partial charge in [0.2, 0.25) is 5.91 Å². The van der Waals surface area contributed by atoms with E-state index in [0.717, 1.165) is 30.7 Å². The van der Waals surface area contributed by atoms with Gasteiger partial charge in [0.15, 0.2) is 0 Å². The van der Waals surface area contributed by atoms with E-state index in [9.17, 15) is 9.59 Å². The number of nitrogens with zero attached hydrogens (tertiary/aromatic N) is 4. The van der Waals surface area contributed by atoms with Gasteiger partial charge in [0.05, 0.1) is 17.4 Å². The maximum absolute atomic E-state index is 15.5. The van der Waals surface area contributed by atoms with Gasteiger partial charge >= 0.3 is 6.03 Å². The predicted octanol–water partition coefficient (Wildman–Crippen LogP) is 2.78. The summed E-state index contributed by atoms with van der Waals surface area (Å²) in [6, 6.07) is 3.36. The second kappa shape index (κ2) is 7.74. The number of piperidine rings is 1. The van der Waals surface area contributed by atoms with Crippen LogP contribution in [0.25, 0.3) is 5.52 Å². The van der Waals surface area contributed by atoms with Crippen LogP contribution in [0.3, 0.4) is 0 Å². The molecular formula is C21H28FN5O2. The van der Waals surface area contributed by atoms with Crippen molar-refractivity contribution in [2.24, 2.45) is 5.92 Å². The van der Waals surface area contributed by atoms with Crippen molar-refractivity contribution in [1.29, 1.82) is 0 Å². The highest BCUT2D eigenvalue weighted by molar-refractivity contribution is 6.07. The normalized spacial score (nSPS) is 20.5. The Labute approximate surface area is 169 Å². The van der Waals surface area contributed by atoms with Crippen molar-refractivity contribution in [2.75, 3.05) is 31.1 Å². The van der Waals surface area contributed by atoms with Crippen molar-refractivity contribution in [2.45, 2.75) is 45.2 Å². The summed E-state index contributed by atoms with van der Waals surface area (Å²) in [5, 5.41) is 6.63. The smallest absolute Gasteiger partial charge is 0.303 e. The summed E-state index contributed by atoms with van der Waals surface area (Å²) in [5.41, 5.74) is 1.07. The number of imide groups is 1. The summed E-state index contributed by atoms with van der Waals surface area (Å²) in [4.78, 5) is 27.5. The number of amides is 3. The molecule has 1 N–H and O–H groups in total. The number of fused-ring (bicyclic) bond motifs is 1. The minimum atomic E-state index is -1.21. The Hall–Kier alpha value is -2.48. The lowest BCUT2D eigenvalue weighted by Crippen LogP contribution is -2.49. The van der Waals surface area contributed by atoms with Crippen molar-refractivity contribution < 1.29 is 14.0 Å². The van der Waals surface area contributed by atoms with Crippen LogP contribution >= 0.6 is 0 Å². The summed E-state index contributed by atoms with van der Waals surface area (Å²) < 4.78 is 17.2. The van der Waals surface area contributed by atoms with Gasteiger partial charge in [0, 0.05) is 45.2 Å². The van der Waals surface area contributed by atoms with Gasteiger partial charge in [-0.05, 0) is 36.5 Å². The lowest BCUT2D eigenvalue weighted by Gasteiger charge is -2.37. The van der Waals surface area contributed by atoms with E-state index in [1.807, 2.05) is 12.1 Å². The summed E-state index contributed by atoms with van der Waals surface area (Å²) in [5.74, 6) is 0.318. The molecule has 4 heterocycles. The third kappa shape index (κ3) is 4.27. The first-order valence-electron chi connectivity index (χ1n) is 10.3. The van der Waals surface area contributed by atoms with Gasteiger partial charge in [0.25, 0.3) is 0 Å². The zero-order valence-electron chi connectivity index (χ0n) is 17.0. The van der Waals surface area contributed by atoms with Gasteiger partial charge in [-0.1, -0.05) is 13.8 Å². The molecule has 0 unspecified atom stereocenters. The van der Waals surface area contributed by atoms with E-state index in [4.69, 9.17) is 0 Å². The molecule has 4 rings (SSSR count). The first-order valence-corrected chi connectivity index (χ1v) is 10.3. The number of anilines is 1. The first-order chi connectivity index (χ1) is 13.8. The molecule has 0 spiro atoms. The van der Waals surface area contributed by atoms with Gasteiger partial charge < -0.3 is 4.90 Å². The van der Waals surface area contributed by atoms with Crippen LogP contribution < -0.4 is 10.2 Å². The largest absolute Gasteiger partial charge is 0.328 e. The van der Waals surface area contributed by atoms with Crippen LogP contribution in [0.15, 0.2) is 24.5 Å². The van der Waals surface area contributed by atoms with E-state index >= 15 is 4.39 Å². The van der Waals surface area contributed by atoms with Crippen molar-refractivity contribution in [3.8, 4) is 0 Å². The number of aromatic nitrogens is 2. The molecule has 29 heavy (non-hydrogen) atoms. The number of alkyl halides is 1. The Balaban J connectivity index is 1.51.